The first kappa shape index (κ1) is 26.8. The maximum atomic E-state index is 14.0. The Bertz CT molecular complexity index is 1990. The monoisotopic (exact) mass is 571 g/mol. The molecule has 1 aliphatic carbocycles. The molecule has 2 heterocycles. The lowest BCUT2D eigenvalue weighted by Crippen LogP contribution is -2.47. The van der Waals surface area contributed by atoms with Crippen molar-refractivity contribution in [3.05, 3.63) is 110 Å². The standard InChI is InChI=1S/C31H29N3O6S/c1-31(2)16-20-18-33-29(36)22-11-7-8-12-23(22)30(37)34(33)28(27(20)24(35)17-31)19-13-14-25(40-3)26(15-19)41(38,39)32-21-9-5-4-6-10-21/h4-15,28,32H,16-18H2,1-3H3. The van der Waals surface area contributed by atoms with Crippen LogP contribution in [0.5, 0.6) is 5.75 Å². The minimum absolute atomic E-state index is 0.0987. The zero-order valence-corrected chi connectivity index (χ0v) is 23.7. The van der Waals surface area contributed by atoms with Crippen LogP contribution >= 0.6 is 0 Å². The van der Waals surface area contributed by atoms with Crippen LogP contribution in [0, 0.1) is 5.41 Å². The molecule has 10 heteroatoms. The second kappa shape index (κ2) is 9.59. The van der Waals surface area contributed by atoms with E-state index in [-0.39, 0.29) is 45.8 Å². The van der Waals surface area contributed by atoms with Crippen molar-refractivity contribution in [3.8, 4) is 5.75 Å². The summed E-state index contributed by atoms with van der Waals surface area (Å²) in [7, 11) is -2.77. The highest BCUT2D eigenvalue weighted by Gasteiger charge is 2.42. The minimum atomic E-state index is -4.14. The number of benzene rings is 3. The van der Waals surface area contributed by atoms with Gasteiger partial charge in [0.1, 0.15) is 16.7 Å². The van der Waals surface area contributed by atoms with E-state index in [4.69, 9.17) is 4.74 Å². The van der Waals surface area contributed by atoms with E-state index >= 15 is 0 Å². The first-order valence-corrected chi connectivity index (χ1v) is 14.7. The number of fused-ring (bicyclic) bond motifs is 2. The fourth-order valence-corrected chi connectivity index (χ4v) is 7.34. The summed E-state index contributed by atoms with van der Waals surface area (Å²) in [6.45, 7) is 4.11. The number of anilines is 1. The van der Waals surface area contributed by atoms with Gasteiger partial charge in [-0.2, -0.15) is 0 Å². The van der Waals surface area contributed by atoms with Crippen molar-refractivity contribution in [1.82, 2.24) is 9.36 Å². The molecule has 1 atom stereocenters. The number of methoxy groups -OCH3 is 1. The normalized spacial score (nSPS) is 18.1. The smallest absolute Gasteiger partial charge is 0.274 e. The number of hydrogen-bond donors (Lipinski definition) is 1. The van der Waals surface area contributed by atoms with E-state index in [2.05, 4.69) is 4.72 Å². The van der Waals surface area contributed by atoms with Gasteiger partial charge in [-0.1, -0.05) is 50.2 Å². The van der Waals surface area contributed by atoms with Crippen molar-refractivity contribution >= 4 is 32.3 Å². The molecule has 1 N–H and O–H groups in total. The van der Waals surface area contributed by atoms with Crippen molar-refractivity contribution in [2.45, 2.75) is 44.2 Å². The van der Waals surface area contributed by atoms with Gasteiger partial charge in [0.05, 0.1) is 24.4 Å². The lowest BCUT2D eigenvalue weighted by atomic mass is 9.71. The average Bonchev–Trinajstić information content (AvgIpc) is 2.94. The highest BCUT2D eigenvalue weighted by Crippen LogP contribution is 2.45. The second-order valence-corrected chi connectivity index (χ2v) is 13.0. The molecule has 1 aliphatic heterocycles. The van der Waals surface area contributed by atoms with Gasteiger partial charge in [-0.15, -0.1) is 0 Å². The number of nitrogens with one attached hydrogen (secondary N) is 1. The molecular formula is C31H29N3O6S. The van der Waals surface area contributed by atoms with Crippen LogP contribution in [0.3, 0.4) is 0 Å². The minimum Gasteiger partial charge on any atom is -0.495 e. The second-order valence-electron chi connectivity index (χ2n) is 11.3. The van der Waals surface area contributed by atoms with E-state index < -0.39 is 21.6 Å². The van der Waals surface area contributed by atoms with E-state index in [0.29, 0.717) is 28.6 Å². The van der Waals surface area contributed by atoms with Crippen LogP contribution in [0.25, 0.3) is 10.8 Å². The van der Waals surface area contributed by atoms with Gasteiger partial charge in [0, 0.05) is 17.7 Å². The summed E-state index contributed by atoms with van der Waals surface area (Å²) in [6.07, 6.45) is 0.834. The van der Waals surface area contributed by atoms with Gasteiger partial charge in [0.15, 0.2) is 5.78 Å². The van der Waals surface area contributed by atoms with Gasteiger partial charge in [0.2, 0.25) is 0 Å². The van der Waals surface area contributed by atoms with Crippen LogP contribution in [0.1, 0.15) is 38.3 Å². The highest BCUT2D eigenvalue weighted by molar-refractivity contribution is 7.92. The molecular weight excluding hydrogens is 542 g/mol. The summed E-state index contributed by atoms with van der Waals surface area (Å²) in [5.74, 6) is -0.0239. The predicted octanol–water partition coefficient (Wildman–Crippen LogP) is 4.26. The van der Waals surface area contributed by atoms with Crippen molar-refractivity contribution in [1.29, 1.82) is 0 Å². The van der Waals surface area contributed by atoms with E-state index in [1.54, 1.807) is 60.7 Å². The summed E-state index contributed by atoms with van der Waals surface area (Å²) < 4.78 is 37.9. The number of sulfonamides is 1. The number of allylic oxidation sites excluding steroid dienone is 2. The Labute approximate surface area is 236 Å². The maximum absolute atomic E-state index is 14.0. The molecule has 41 heavy (non-hydrogen) atoms. The largest absolute Gasteiger partial charge is 0.495 e. The zero-order chi connectivity index (χ0) is 29.1. The SMILES string of the molecule is COc1ccc(C2C3=C(Cn4c(=O)c5ccccc5c(=O)n42)CC(C)(C)CC3=O)cc1S(=O)(=O)Nc1ccccc1. The van der Waals surface area contributed by atoms with Crippen LogP contribution in [0.2, 0.25) is 0 Å². The number of rotatable bonds is 5. The summed E-state index contributed by atoms with van der Waals surface area (Å²) in [4.78, 5) is 41.3. The van der Waals surface area contributed by atoms with Gasteiger partial charge in [0.25, 0.3) is 21.1 Å². The molecule has 0 bridgehead atoms. The first-order valence-electron chi connectivity index (χ1n) is 13.3. The number of aromatic nitrogens is 2. The molecule has 9 nitrogen and oxygen atoms in total. The summed E-state index contributed by atoms with van der Waals surface area (Å²) >= 11 is 0. The number of para-hydroxylation sites is 1. The fourth-order valence-electron chi connectivity index (χ4n) is 6.08. The molecule has 1 unspecified atom stereocenters. The first-order chi connectivity index (χ1) is 19.5. The number of Topliss-reactive ketones (excluding diaryl/α,β-unsaturated/α-hetero) is 1. The molecule has 210 valence electrons. The summed E-state index contributed by atoms with van der Waals surface area (Å²) in [5, 5.41) is 0.529. The topological polar surface area (TPSA) is 116 Å². The Morgan fingerprint density at radius 3 is 2.22 bits per heavy atom. The maximum Gasteiger partial charge on any atom is 0.274 e. The quantitative estimate of drug-likeness (QED) is 0.383. The molecule has 0 spiro atoms. The van der Waals surface area contributed by atoms with E-state index in [9.17, 15) is 22.8 Å². The van der Waals surface area contributed by atoms with Crippen LogP contribution in [-0.4, -0.2) is 30.7 Å². The number of ketones is 1. The van der Waals surface area contributed by atoms with Crippen LogP contribution < -0.4 is 20.6 Å². The molecule has 3 aromatic carbocycles. The summed E-state index contributed by atoms with van der Waals surface area (Å²) in [5.41, 5.74) is 0.854. The Morgan fingerprint density at radius 1 is 0.878 bits per heavy atom. The van der Waals surface area contributed by atoms with Crippen molar-refractivity contribution in [2.75, 3.05) is 11.8 Å². The van der Waals surface area contributed by atoms with Crippen LogP contribution in [0.15, 0.2) is 98.4 Å². The third-order valence-electron chi connectivity index (χ3n) is 7.78. The molecule has 0 saturated carbocycles. The number of carbonyl (C=O) groups excluding carboxylic acids is 1. The average molecular weight is 572 g/mol. The fraction of sp³-hybridized carbons (Fsp3) is 0.258. The Kier molecular flexibility index (Phi) is 6.26. The van der Waals surface area contributed by atoms with Gasteiger partial charge in [-0.3, -0.25) is 19.1 Å². The third-order valence-corrected chi connectivity index (χ3v) is 9.18. The van der Waals surface area contributed by atoms with Gasteiger partial charge in [-0.25, -0.2) is 17.8 Å². The molecule has 1 aromatic heterocycles. The Balaban J connectivity index is 1.62. The lowest BCUT2D eigenvalue weighted by molar-refractivity contribution is -0.118. The molecule has 0 fully saturated rings. The number of carbonyl (C=O) groups is 1. The van der Waals surface area contributed by atoms with Crippen LogP contribution in [0.4, 0.5) is 5.69 Å². The number of hydrogen-bond acceptors (Lipinski definition) is 6. The number of nitrogens with zero attached hydrogens (tertiary/aromatic N) is 2. The van der Waals surface area contributed by atoms with E-state index in [1.165, 1.54) is 28.6 Å². The molecule has 6 rings (SSSR count). The van der Waals surface area contributed by atoms with Crippen molar-refractivity contribution in [3.63, 3.8) is 0 Å². The van der Waals surface area contributed by atoms with E-state index in [0.717, 1.165) is 5.57 Å². The van der Waals surface area contributed by atoms with Crippen molar-refractivity contribution in [2.24, 2.45) is 5.41 Å². The molecule has 4 aromatic rings. The van der Waals surface area contributed by atoms with Crippen LogP contribution in [-0.2, 0) is 21.4 Å². The zero-order valence-electron chi connectivity index (χ0n) is 22.9. The van der Waals surface area contributed by atoms with Crippen molar-refractivity contribution < 1.29 is 17.9 Å². The van der Waals surface area contributed by atoms with Gasteiger partial charge in [-0.05, 0) is 59.4 Å². The molecule has 0 saturated heterocycles. The Morgan fingerprint density at radius 2 is 1.54 bits per heavy atom. The van der Waals surface area contributed by atoms with Gasteiger partial charge < -0.3 is 4.74 Å². The molecule has 2 aliphatic rings. The lowest BCUT2D eigenvalue weighted by Gasteiger charge is -2.40. The van der Waals surface area contributed by atoms with E-state index in [1.807, 2.05) is 13.8 Å². The summed E-state index contributed by atoms with van der Waals surface area (Å²) in [6, 6.07) is 18.6. The Hall–Kier alpha value is -4.44. The molecule has 0 radical (unpaired) electrons. The predicted molar refractivity (Wildman–Crippen MR) is 156 cm³/mol. The third kappa shape index (κ3) is 4.48. The number of ether oxygens (including phenoxy) is 1. The van der Waals surface area contributed by atoms with Gasteiger partial charge >= 0.3 is 0 Å². The highest BCUT2D eigenvalue weighted by atomic mass is 32.2. The molecule has 0 amide bonds.